The highest BCUT2D eigenvalue weighted by Crippen LogP contribution is 2.27. The number of nitrogens with zero attached hydrogens (tertiary/aromatic N) is 1. The molecule has 0 saturated carbocycles. The molecule has 1 aliphatic heterocycles. The fourth-order valence-corrected chi connectivity index (χ4v) is 1.99. The number of para-hydroxylation sites is 1. The van der Waals surface area contributed by atoms with Crippen LogP contribution in [-0.2, 0) is 4.74 Å². The van der Waals surface area contributed by atoms with Gasteiger partial charge in [-0.2, -0.15) is 0 Å². The standard InChI is InChI=1S/C13H14F3NO3/c1-17-6-7-19-11(8-17)12(18)9-4-2-3-5-10(9)20-13(14,15)16/h2-5,11H,6-8H2,1H3. The van der Waals surface area contributed by atoms with Gasteiger partial charge in [0.25, 0.3) is 0 Å². The van der Waals surface area contributed by atoms with Crippen molar-refractivity contribution in [1.29, 1.82) is 0 Å². The number of carbonyl (C=O) groups excluding carboxylic acids is 1. The SMILES string of the molecule is CN1CCOC(C(=O)c2ccccc2OC(F)(F)F)C1. The molecular weight excluding hydrogens is 275 g/mol. The van der Waals surface area contributed by atoms with Crippen LogP contribution in [0.2, 0.25) is 0 Å². The van der Waals surface area contributed by atoms with Crippen LogP contribution >= 0.6 is 0 Å². The maximum absolute atomic E-state index is 12.3. The fourth-order valence-electron chi connectivity index (χ4n) is 1.99. The van der Waals surface area contributed by atoms with Gasteiger partial charge in [0.1, 0.15) is 11.9 Å². The Kier molecular flexibility index (Phi) is 4.29. The zero-order valence-corrected chi connectivity index (χ0v) is 10.8. The Morgan fingerprint density at radius 2 is 2.10 bits per heavy atom. The summed E-state index contributed by atoms with van der Waals surface area (Å²) in [6.45, 7) is 1.40. The molecule has 0 amide bonds. The van der Waals surface area contributed by atoms with E-state index in [1.807, 2.05) is 11.9 Å². The van der Waals surface area contributed by atoms with Crippen molar-refractivity contribution >= 4 is 5.78 Å². The van der Waals surface area contributed by atoms with Crippen molar-refractivity contribution in [2.45, 2.75) is 12.5 Å². The molecule has 1 heterocycles. The topological polar surface area (TPSA) is 38.8 Å². The van der Waals surface area contributed by atoms with Gasteiger partial charge in [0.05, 0.1) is 12.2 Å². The van der Waals surface area contributed by atoms with Crippen molar-refractivity contribution in [3.8, 4) is 5.75 Å². The summed E-state index contributed by atoms with van der Waals surface area (Å²) in [4.78, 5) is 14.1. The van der Waals surface area contributed by atoms with E-state index in [2.05, 4.69) is 4.74 Å². The van der Waals surface area contributed by atoms with E-state index >= 15 is 0 Å². The van der Waals surface area contributed by atoms with Gasteiger partial charge in [-0.1, -0.05) is 12.1 Å². The molecule has 0 spiro atoms. The molecule has 0 bridgehead atoms. The van der Waals surface area contributed by atoms with Gasteiger partial charge in [-0.25, -0.2) is 0 Å². The van der Waals surface area contributed by atoms with Gasteiger partial charge in [0, 0.05) is 13.1 Å². The first-order chi connectivity index (χ1) is 9.37. The molecule has 2 rings (SSSR count). The van der Waals surface area contributed by atoms with Crippen LogP contribution < -0.4 is 4.74 Å². The Balaban J connectivity index is 2.21. The molecule has 1 unspecified atom stereocenters. The number of morpholine rings is 1. The number of ether oxygens (including phenoxy) is 2. The second-order valence-corrected chi connectivity index (χ2v) is 4.53. The van der Waals surface area contributed by atoms with Crippen molar-refractivity contribution in [2.75, 3.05) is 26.7 Å². The van der Waals surface area contributed by atoms with Gasteiger partial charge in [-0.15, -0.1) is 13.2 Å². The zero-order chi connectivity index (χ0) is 14.8. The van der Waals surface area contributed by atoms with Gasteiger partial charge in [-0.3, -0.25) is 4.79 Å². The van der Waals surface area contributed by atoms with Crippen LogP contribution in [0.25, 0.3) is 0 Å². The number of Topliss-reactive ketones (excluding diaryl/α,β-unsaturated/α-hetero) is 1. The molecule has 110 valence electrons. The second kappa shape index (κ2) is 5.80. The first-order valence-electron chi connectivity index (χ1n) is 6.06. The highest BCUT2D eigenvalue weighted by atomic mass is 19.4. The van der Waals surface area contributed by atoms with Crippen molar-refractivity contribution in [1.82, 2.24) is 4.90 Å². The van der Waals surface area contributed by atoms with Crippen LogP contribution in [0.5, 0.6) is 5.75 Å². The van der Waals surface area contributed by atoms with Crippen LogP contribution in [-0.4, -0.2) is 49.9 Å². The lowest BCUT2D eigenvalue weighted by molar-refractivity contribution is -0.274. The Bertz CT molecular complexity index is 490. The average Bonchev–Trinajstić information content (AvgIpc) is 2.37. The molecule has 0 radical (unpaired) electrons. The smallest absolute Gasteiger partial charge is 0.405 e. The monoisotopic (exact) mass is 289 g/mol. The third-order valence-electron chi connectivity index (χ3n) is 2.94. The lowest BCUT2D eigenvalue weighted by Gasteiger charge is -2.29. The normalized spacial score (nSPS) is 20.7. The Morgan fingerprint density at radius 3 is 2.75 bits per heavy atom. The summed E-state index contributed by atoms with van der Waals surface area (Å²) in [6.07, 6.45) is -5.60. The van der Waals surface area contributed by atoms with E-state index in [0.29, 0.717) is 19.7 Å². The molecule has 20 heavy (non-hydrogen) atoms. The molecular formula is C13H14F3NO3. The van der Waals surface area contributed by atoms with Gasteiger partial charge >= 0.3 is 6.36 Å². The van der Waals surface area contributed by atoms with Crippen LogP contribution in [0.1, 0.15) is 10.4 Å². The molecule has 1 saturated heterocycles. The molecule has 1 atom stereocenters. The first kappa shape index (κ1) is 14.8. The number of alkyl halides is 3. The van der Waals surface area contributed by atoms with Crippen LogP contribution in [0.15, 0.2) is 24.3 Å². The van der Waals surface area contributed by atoms with Crippen molar-refractivity contribution in [2.24, 2.45) is 0 Å². The number of carbonyl (C=O) groups is 1. The zero-order valence-electron chi connectivity index (χ0n) is 10.8. The molecule has 1 aromatic rings. The number of hydrogen-bond acceptors (Lipinski definition) is 4. The second-order valence-electron chi connectivity index (χ2n) is 4.53. The number of likely N-dealkylation sites (N-methyl/N-ethyl adjacent to an activating group) is 1. The van der Waals surface area contributed by atoms with Crippen LogP contribution in [0, 0.1) is 0 Å². The van der Waals surface area contributed by atoms with E-state index in [1.54, 1.807) is 0 Å². The molecule has 4 nitrogen and oxygen atoms in total. The summed E-state index contributed by atoms with van der Waals surface area (Å²) in [5, 5.41) is 0. The molecule has 0 aliphatic carbocycles. The minimum atomic E-state index is -4.83. The number of ketones is 1. The molecule has 7 heteroatoms. The van der Waals surface area contributed by atoms with Gasteiger partial charge in [0.15, 0.2) is 5.78 Å². The summed E-state index contributed by atoms with van der Waals surface area (Å²) in [6, 6.07) is 5.29. The van der Waals surface area contributed by atoms with Gasteiger partial charge < -0.3 is 14.4 Å². The number of benzene rings is 1. The molecule has 1 aliphatic rings. The van der Waals surface area contributed by atoms with E-state index < -0.39 is 24.0 Å². The number of hydrogen-bond donors (Lipinski definition) is 0. The van der Waals surface area contributed by atoms with Crippen molar-refractivity contribution in [3.05, 3.63) is 29.8 Å². The Labute approximate surface area is 114 Å². The van der Waals surface area contributed by atoms with E-state index in [0.717, 1.165) is 6.07 Å². The third-order valence-corrected chi connectivity index (χ3v) is 2.94. The highest BCUT2D eigenvalue weighted by molar-refractivity contribution is 6.02. The quantitative estimate of drug-likeness (QED) is 0.799. The summed E-state index contributed by atoms with van der Waals surface area (Å²) < 4.78 is 46.2. The van der Waals surface area contributed by atoms with Crippen LogP contribution in [0.4, 0.5) is 13.2 Å². The van der Waals surface area contributed by atoms with E-state index in [4.69, 9.17) is 4.74 Å². The van der Waals surface area contributed by atoms with Gasteiger partial charge in [0.2, 0.25) is 0 Å². The van der Waals surface area contributed by atoms with E-state index in [-0.39, 0.29) is 5.56 Å². The minimum Gasteiger partial charge on any atom is -0.405 e. The number of halogens is 3. The van der Waals surface area contributed by atoms with E-state index in [1.165, 1.54) is 18.2 Å². The summed E-state index contributed by atoms with van der Waals surface area (Å²) in [5.74, 6) is -1.00. The Hall–Kier alpha value is -1.60. The maximum Gasteiger partial charge on any atom is 0.573 e. The summed E-state index contributed by atoms with van der Waals surface area (Å²) >= 11 is 0. The maximum atomic E-state index is 12.3. The van der Waals surface area contributed by atoms with Crippen molar-refractivity contribution < 1.29 is 27.4 Å². The molecule has 1 aromatic carbocycles. The Morgan fingerprint density at radius 1 is 1.40 bits per heavy atom. The van der Waals surface area contributed by atoms with Gasteiger partial charge in [-0.05, 0) is 19.2 Å². The third kappa shape index (κ3) is 3.71. The lowest BCUT2D eigenvalue weighted by atomic mass is 10.0. The largest absolute Gasteiger partial charge is 0.573 e. The fraction of sp³-hybridized carbons (Fsp3) is 0.462. The van der Waals surface area contributed by atoms with Crippen LogP contribution in [0.3, 0.4) is 0 Å². The number of rotatable bonds is 3. The predicted molar refractivity (Wildman–Crippen MR) is 64.7 cm³/mol. The summed E-state index contributed by atoms with van der Waals surface area (Å²) in [5.41, 5.74) is -0.120. The lowest BCUT2D eigenvalue weighted by Crippen LogP contribution is -2.44. The predicted octanol–water partition coefficient (Wildman–Crippen LogP) is 2.10. The molecule has 0 aromatic heterocycles. The minimum absolute atomic E-state index is 0.120. The molecule has 0 N–H and O–H groups in total. The van der Waals surface area contributed by atoms with E-state index in [9.17, 15) is 18.0 Å². The first-order valence-corrected chi connectivity index (χ1v) is 6.06. The highest BCUT2D eigenvalue weighted by Gasteiger charge is 2.34. The summed E-state index contributed by atoms with van der Waals surface area (Å²) in [7, 11) is 1.82. The molecule has 1 fully saturated rings. The average molecular weight is 289 g/mol. The van der Waals surface area contributed by atoms with Crippen molar-refractivity contribution in [3.63, 3.8) is 0 Å².